The van der Waals surface area contributed by atoms with Crippen molar-refractivity contribution in [3.8, 4) is 11.8 Å². The Labute approximate surface area is 156 Å². The molecule has 1 heterocycles. The molecule has 1 saturated heterocycles. The number of nitro groups is 1. The van der Waals surface area contributed by atoms with Gasteiger partial charge in [0.25, 0.3) is 5.69 Å². The molecule has 0 amide bonds. The minimum atomic E-state index is -0.449. The SMILES string of the molecule is COc1ccc(CC2CCN(c3c(C#N)cccc3[N+](=O)[O-])CC2)c(F)c1. The van der Waals surface area contributed by atoms with Crippen molar-refractivity contribution in [3.63, 3.8) is 0 Å². The normalized spacial score (nSPS) is 14.6. The Morgan fingerprint density at radius 3 is 2.67 bits per heavy atom. The third-order valence-electron chi connectivity index (χ3n) is 5.03. The molecule has 1 aliphatic heterocycles. The van der Waals surface area contributed by atoms with Gasteiger partial charge in [-0.05, 0) is 42.9 Å². The van der Waals surface area contributed by atoms with Crippen molar-refractivity contribution < 1.29 is 14.1 Å². The highest BCUT2D eigenvalue weighted by molar-refractivity contribution is 5.71. The zero-order chi connectivity index (χ0) is 19.4. The molecule has 0 saturated carbocycles. The summed E-state index contributed by atoms with van der Waals surface area (Å²) in [6.07, 6.45) is 2.18. The second-order valence-corrected chi connectivity index (χ2v) is 6.63. The van der Waals surface area contributed by atoms with E-state index >= 15 is 0 Å². The number of nitrogens with zero attached hydrogens (tertiary/aromatic N) is 3. The molecule has 7 heteroatoms. The molecule has 0 aliphatic carbocycles. The molecule has 1 fully saturated rings. The van der Waals surface area contributed by atoms with Gasteiger partial charge in [0.15, 0.2) is 0 Å². The van der Waals surface area contributed by atoms with Crippen LogP contribution in [0, 0.1) is 33.2 Å². The zero-order valence-corrected chi connectivity index (χ0v) is 15.0. The van der Waals surface area contributed by atoms with Gasteiger partial charge in [-0.15, -0.1) is 0 Å². The summed E-state index contributed by atoms with van der Waals surface area (Å²) in [6, 6.07) is 11.5. The second-order valence-electron chi connectivity index (χ2n) is 6.63. The van der Waals surface area contributed by atoms with Crippen LogP contribution in [0.4, 0.5) is 15.8 Å². The van der Waals surface area contributed by atoms with Crippen molar-refractivity contribution >= 4 is 11.4 Å². The predicted octanol–water partition coefficient (Wildman–Crippen LogP) is 4.07. The number of hydrogen-bond donors (Lipinski definition) is 0. The Hall–Kier alpha value is -3.14. The second kappa shape index (κ2) is 8.04. The number of nitro benzene ring substituents is 1. The van der Waals surface area contributed by atoms with Gasteiger partial charge in [-0.25, -0.2) is 4.39 Å². The quantitative estimate of drug-likeness (QED) is 0.586. The van der Waals surface area contributed by atoms with Gasteiger partial charge in [0.2, 0.25) is 0 Å². The van der Waals surface area contributed by atoms with Crippen molar-refractivity contribution in [3.05, 3.63) is 63.5 Å². The molecule has 0 bridgehead atoms. The molecule has 27 heavy (non-hydrogen) atoms. The maximum absolute atomic E-state index is 14.2. The van der Waals surface area contributed by atoms with Gasteiger partial charge in [0.05, 0.1) is 17.6 Å². The van der Waals surface area contributed by atoms with E-state index in [1.807, 2.05) is 11.0 Å². The molecule has 2 aromatic carbocycles. The first-order valence-corrected chi connectivity index (χ1v) is 8.78. The first kappa shape index (κ1) is 18.6. The third kappa shape index (κ3) is 4.00. The number of benzene rings is 2. The molecule has 0 radical (unpaired) electrons. The molecular formula is C20H20FN3O3. The summed E-state index contributed by atoms with van der Waals surface area (Å²) in [6.45, 7) is 1.20. The monoisotopic (exact) mass is 369 g/mol. The molecule has 6 nitrogen and oxygen atoms in total. The summed E-state index contributed by atoms with van der Waals surface area (Å²) in [4.78, 5) is 12.8. The number of hydrogen-bond acceptors (Lipinski definition) is 5. The Kier molecular flexibility index (Phi) is 5.55. The number of methoxy groups -OCH3 is 1. The lowest BCUT2D eigenvalue weighted by atomic mass is 9.89. The highest BCUT2D eigenvalue weighted by Gasteiger charge is 2.27. The lowest BCUT2D eigenvalue weighted by Crippen LogP contribution is -2.35. The lowest BCUT2D eigenvalue weighted by Gasteiger charge is -2.33. The summed E-state index contributed by atoms with van der Waals surface area (Å²) in [5.74, 6) is 0.506. The number of ether oxygens (including phenoxy) is 1. The Morgan fingerprint density at radius 2 is 2.07 bits per heavy atom. The first-order chi connectivity index (χ1) is 13.0. The van der Waals surface area contributed by atoms with Crippen LogP contribution in [0.3, 0.4) is 0 Å². The number of piperidine rings is 1. The highest BCUT2D eigenvalue weighted by atomic mass is 19.1. The van der Waals surface area contributed by atoms with Gasteiger partial charge in [0, 0.05) is 25.2 Å². The largest absolute Gasteiger partial charge is 0.497 e. The number of nitriles is 1. The third-order valence-corrected chi connectivity index (χ3v) is 5.03. The molecule has 0 aromatic heterocycles. The number of halogens is 1. The molecule has 3 rings (SSSR count). The fraction of sp³-hybridized carbons (Fsp3) is 0.350. The van der Waals surface area contributed by atoms with Gasteiger partial charge in [-0.3, -0.25) is 10.1 Å². The van der Waals surface area contributed by atoms with E-state index in [1.54, 1.807) is 18.2 Å². The van der Waals surface area contributed by atoms with Crippen molar-refractivity contribution in [2.75, 3.05) is 25.1 Å². The lowest BCUT2D eigenvalue weighted by molar-refractivity contribution is -0.384. The van der Waals surface area contributed by atoms with Gasteiger partial charge < -0.3 is 9.64 Å². The van der Waals surface area contributed by atoms with Gasteiger partial charge in [-0.2, -0.15) is 5.26 Å². The van der Waals surface area contributed by atoms with Gasteiger partial charge >= 0.3 is 0 Å². The van der Waals surface area contributed by atoms with Crippen LogP contribution >= 0.6 is 0 Å². The zero-order valence-electron chi connectivity index (χ0n) is 15.0. The van der Waals surface area contributed by atoms with E-state index in [0.29, 0.717) is 42.1 Å². The molecule has 0 atom stereocenters. The fourth-order valence-electron chi connectivity index (χ4n) is 3.59. The average Bonchev–Trinajstić information content (AvgIpc) is 2.69. The molecule has 0 spiro atoms. The van der Waals surface area contributed by atoms with E-state index in [9.17, 15) is 19.8 Å². The van der Waals surface area contributed by atoms with Gasteiger partial charge in [-0.1, -0.05) is 12.1 Å². The van der Waals surface area contributed by atoms with Crippen molar-refractivity contribution in [1.29, 1.82) is 5.26 Å². The van der Waals surface area contributed by atoms with Crippen LogP contribution in [-0.2, 0) is 6.42 Å². The maximum atomic E-state index is 14.2. The van der Waals surface area contributed by atoms with E-state index in [-0.39, 0.29) is 17.4 Å². The summed E-state index contributed by atoms with van der Waals surface area (Å²) < 4.78 is 19.2. The summed E-state index contributed by atoms with van der Waals surface area (Å²) >= 11 is 0. The number of rotatable bonds is 5. The van der Waals surface area contributed by atoms with Crippen LogP contribution in [-0.4, -0.2) is 25.1 Å². The van der Waals surface area contributed by atoms with E-state index in [2.05, 4.69) is 0 Å². The molecule has 2 aromatic rings. The van der Waals surface area contributed by atoms with Crippen molar-refractivity contribution in [2.45, 2.75) is 19.3 Å². The summed E-state index contributed by atoms with van der Waals surface area (Å²) in [7, 11) is 1.50. The van der Waals surface area contributed by atoms with Crippen LogP contribution in [0.5, 0.6) is 5.75 Å². The molecular weight excluding hydrogens is 349 g/mol. The summed E-state index contributed by atoms with van der Waals surface area (Å²) in [5, 5.41) is 20.7. The molecule has 0 N–H and O–H groups in total. The fourth-order valence-corrected chi connectivity index (χ4v) is 3.59. The Balaban J connectivity index is 1.71. The van der Waals surface area contributed by atoms with E-state index in [4.69, 9.17) is 4.74 Å². The molecule has 0 unspecified atom stereocenters. The number of para-hydroxylation sites is 1. The maximum Gasteiger partial charge on any atom is 0.293 e. The first-order valence-electron chi connectivity index (χ1n) is 8.78. The minimum absolute atomic E-state index is 0.0475. The van der Waals surface area contributed by atoms with E-state index in [0.717, 1.165) is 12.8 Å². The predicted molar refractivity (Wildman–Crippen MR) is 99.4 cm³/mol. The molecule has 140 valence electrons. The van der Waals surface area contributed by atoms with Crippen LogP contribution in [0.2, 0.25) is 0 Å². The molecule has 1 aliphatic rings. The Bertz CT molecular complexity index is 887. The van der Waals surface area contributed by atoms with E-state index in [1.165, 1.54) is 25.3 Å². The standard InChI is InChI=1S/C20H20FN3O3/c1-27-17-6-5-15(18(21)12-17)11-14-7-9-23(10-8-14)20-16(13-22)3-2-4-19(20)24(25)26/h2-6,12,14H,7-11H2,1H3. The summed E-state index contributed by atoms with van der Waals surface area (Å²) in [5.41, 5.74) is 1.30. The highest BCUT2D eigenvalue weighted by Crippen LogP contribution is 2.35. The van der Waals surface area contributed by atoms with Gasteiger partial charge in [0.1, 0.15) is 23.3 Å². The Morgan fingerprint density at radius 1 is 1.33 bits per heavy atom. The van der Waals surface area contributed by atoms with E-state index < -0.39 is 4.92 Å². The van der Waals surface area contributed by atoms with Crippen LogP contribution in [0.25, 0.3) is 0 Å². The van der Waals surface area contributed by atoms with Crippen molar-refractivity contribution in [2.24, 2.45) is 5.92 Å². The number of anilines is 1. The van der Waals surface area contributed by atoms with Crippen molar-refractivity contribution in [1.82, 2.24) is 0 Å². The van der Waals surface area contributed by atoms with Crippen LogP contribution < -0.4 is 9.64 Å². The smallest absolute Gasteiger partial charge is 0.293 e. The minimum Gasteiger partial charge on any atom is -0.497 e. The van der Waals surface area contributed by atoms with Crippen LogP contribution in [0.1, 0.15) is 24.0 Å². The average molecular weight is 369 g/mol. The van der Waals surface area contributed by atoms with Crippen LogP contribution in [0.15, 0.2) is 36.4 Å². The topological polar surface area (TPSA) is 79.4 Å².